The Hall–Kier alpha value is -5.98. The van der Waals surface area contributed by atoms with Crippen LogP contribution < -0.4 is 9.46 Å². The number of para-hydroxylation sites is 1. The second-order valence-corrected chi connectivity index (χ2v) is 14.2. The largest absolute Gasteiger partial charge is 0.478 e. The maximum Gasteiger partial charge on any atom is 0.336 e. The molecule has 0 fully saturated rings. The molecule has 11 nitrogen and oxygen atoms in total. The first-order valence-electron chi connectivity index (χ1n) is 16.1. The number of hydrogen-bond donors (Lipinski definition) is 3. The third-order valence-electron chi connectivity index (χ3n) is 8.65. The van der Waals surface area contributed by atoms with E-state index in [1.807, 2.05) is 42.5 Å². The highest BCUT2D eigenvalue weighted by Gasteiger charge is 2.34. The molecule has 1 aliphatic carbocycles. The molecule has 0 radical (unpaired) electrons. The lowest BCUT2D eigenvalue weighted by molar-refractivity contribution is 0.0614. The lowest BCUT2D eigenvalue weighted by Gasteiger charge is -2.36. The number of hydrogen-bond acceptors (Lipinski definition) is 7. The summed E-state index contributed by atoms with van der Waals surface area (Å²) in [5.41, 5.74) is -0.141. The number of nitrogens with one attached hydrogen (secondary N) is 1. The number of sulfonamides is 1. The summed E-state index contributed by atoms with van der Waals surface area (Å²) >= 11 is 5.85. The van der Waals surface area contributed by atoms with Crippen LogP contribution in [-0.2, 0) is 23.0 Å². The number of benzene rings is 5. The van der Waals surface area contributed by atoms with Crippen molar-refractivity contribution in [1.29, 1.82) is 0 Å². The van der Waals surface area contributed by atoms with Crippen LogP contribution in [0.25, 0.3) is 0 Å². The van der Waals surface area contributed by atoms with Crippen molar-refractivity contribution in [2.24, 2.45) is 0 Å². The predicted molar refractivity (Wildman–Crippen MR) is 191 cm³/mol. The lowest BCUT2D eigenvalue weighted by Crippen LogP contribution is -2.37. The number of carboxylic acids is 2. The summed E-state index contributed by atoms with van der Waals surface area (Å²) < 4.78 is 33.7. The van der Waals surface area contributed by atoms with Gasteiger partial charge in [0.15, 0.2) is 0 Å². The second kappa shape index (κ2) is 15.1. The number of carboxylic acid groups (broad SMARTS) is 2. The van der Waals surface area contributed by atoms with Crippen molar-refractivity contribution in [2.75, 3.05) is 0 Å². The van der Waals surface area contributed by atoms with Crippen LogP contribution >= 0.6 is 11.6 Å². The summed E-state index contributed by atoms with van der Waals surface area (Å²) in [6.45, 7) is -0.00708. The Morgan fingerprint density at radius 2 is 1.38 bits per heavy atom. The first-order valence-corrected chi connectivity index (χ1v) is 18.0. The quantitative estimate of drug-likeness (QED) is 0.125. The van der Waals surface area contributed by atoms with Crippen LogP contribution in [0.5, 0.6) is 11.5 Å². The average molecular weight is 739 g/mol. The minimum absolute atomic E-state index is 0.00708. The molecule has 13 heteroatoms. The Kier molecular flexibility index (Phi) is 10.4. The van der Waals surface area contributed by atoms with E-state index in [9.17, 15) is 37.8 Å². The number of fused-ring (bicyclic) bond motifs is 1. The number of aryl methyl sites for hydroxylation is 1. The number of carbonyl (C=O) groups excluding carboxylic acids is 2. The molecule has 0 saturated heterocycles. The molecule has 0 aromatic heterocycles. The van der Waals surface area contributed by atoms with Crippen molar-refractivity contribution in [3.8, 4) is 11.5 Å². The number of aromatic carboxylic acids is 2. The Balaban J connectivity index is 1.41. The van der Waals surface area contributed by atoms with Crippen molar-refractivity contribution in [3.05, 3.63) is 159 Å². The SMILES string of the molecule is O=C(O)c1cc(C(=O)N(Cc2cccc(Oc3ccccc3)c2)[C@H]2CCCc3ccccc32)c(C(=O)O)cc1C(=O)NS(=O)(=O)c1ccc(Cl)cc1. The zero-order chi connectivity index (χ0) is 37.0. The van der Waals surface area contributed by atoms with E-state index in [1.165, 1.54) is 17.0 Å². The van der Waals surface area contributed by atoms with E-state index in [2.05, 4.69) is 0 Å². The summed E-state index contributed by atoms with van der Waals surface area (Å²) in [5, 5.41) is 20.7. The van der Waals surface area contributed by atoms with Crippen LogP contribution in [0.4, 0.5) is 0 Å². The highest BCUT2D eigenvalue weighted by molar-refractivity contribution is 7.90. The van der Waals surface area contributed by atoms with Gasteiger partial charge in [-0.1, -0.05) is 66.2 Å². The molecule has 52 heavy (non-hydrogen) atoms. The number of amides is 2. The number of rotatable bonds is 11. The molecular weight excluding hydrogens is 708 g/mol. The van der Waals surface area contributed by atoms with Crippen LogP contribution in [-0.4, -0.2) is 47.3 Å². The second-order valence-electron chi connectivity index (χ2n) is 12.0. The summed E-state index contributed by atoms with van der Waals surface area (Å²) in [6, 6.07) is 29.7. The third kappa shape index (κ3) is 7.83. The van der Waals surface area contributed by atoms with E-state index in [0.29, 0.717) is 29.5 Å². The molecule has 0 saturated carbocycles. The van der Waals surface area contributed by atoms with E-state index in [1.54, 1.807) is 41.1 Å². The van der Waals surface area contributed by atoms with Gasteiger partial charge in [-0.2, -0.15) is 0 Å². The van der Waals surface area contributed by atoms with Crippen LogP contribution in [0.1, 0.15) is 77.0 Å². The van der Waals surface area contributed by atoms with Gasteiger partial charge in [0.25, 0.3) is 21.8 Å². The molecular formula is C39H31ClN2O9S. The zero-order valence-electron chi connectivity index (χ0n) is 27.4. The van der Waals surface area contributed by atoms with Gasteiger partial charge in [0, 0.05) is 11.6 Å². The summed E-state index contributed by atoms with van der Waals surface area (Å²) in [6.07, 6.45) is 2.05. The number of nitrogens with zero attached hydrogens (tertiary/aromatic N) is 1. The van der Waals surface area contributed by atoms with Gasteiger partial charge < -0.3 is 19.8 Å². The lowest BCUT2D eigenvalue weighted by atomic mass is 9.86. The predicted octanol–water partition coefficient (Wildman–Crippen LogP) is 7.37. The monoisotopic (exact) mass is 738 g/mol. The van der Waals surface area contributed by atoms with E-state index in [0.717, 1.165) is 42.2 Å². The fourth-order valence-electron chi connectivity index (χ4n) is 6.23. The van der Waals surface area contributed by atoms with Crippen molar-refractivity contribution < 1.29 is 42.5 Å². The molecule has 1 atom stereocenters. The maximum atomic E-state index is 14.7. The van der Waals surface area contributed by atoms with Gasteiger partial charge in [0.2, 0.25) is 0 Å². The zero-order valence-corrected chi connectivity index (χ0v) is 28.9. The van der Waals surface area contributed by atoms with Gasteiger partial charge in [0.1, 0.15) is 11.5 Å². The van der Waals surface area contributed by atoms with Crippen LogP contribution in [0.15, 0.2) is 120 Å². The highest BCUT2D eigenvalue weighted by Crippen LogP contribution is 2.37. The minimum Gasteiger partial charge on any atom is -0.478 e. The summed E-state index contributed by atoms with van der Waals surface area (Å²) in [4.78, 5) is 54.4. The smallest absolute Gasteiger partial charge is 0.336 e. The Bertz CT molecular complexity index is 2300. The van der Waals surface area contributed by atoms with Crippen molar-refractivity contribution in [3.63, 3.8) is 0 Å². The van der Waals surface area contributed by atoms with Crippen LogP contribution in [0, 0.1) is 0 Å². The highest BCUT2D eigenvalue weighted by atomic mass is 35.5. The molecule has 3 N–H and O–H groups in total. The van der Waals surface area contributed by atoms with Gasteiger partial charge in [-0.05, 0) is 96.6 Å². The fraction of sp³-hybridized carbons (Fsp3) is 0.128. The first kappa shape index (κ1) is 35.8. The first-order chi connectivity index (χ1) is 24.9. The van der Waals surface area contributed by atoms with Crippen molar-refractivity contribution in [2.45, 2.75) is 36.7 Å². The molecule has 0 spiro atoms. The molecule has 6 rings (SSSR count). The van der Waals surface area contributed by atoms with Crippen molar-refractivity contribution >= 4 is 45.4 Å². The molecule has 0 unspecified atom stereocenters. The topological polar surface area (TPSA) is 167 Å². The van der Waals surface area contributed by atoms with E-state index < -0.39 is 62.1 Å². The van der Waals surface area contributed by atoms with Gasteiger partial charge in [-0.25, -0.2) is 22.7 Å². The molecule has 2 amide bonds. The van der Waals surface area contributed by atoms with E-state index in [4.69, 9.17) is 16.3 Å². The number of halogens is 1. The number of ether oxygens (including phenoxy) is 1. The minimum atomic E-state index is -4.52. The van der Waals surface area contributed by atoms with Gasteiger partial charge in [0.05, 0.1) is 33.2 Å². The molecule has 0 aliphatic heterocycles. The van der Waals surface area contributed by atoms with E-state index >= 15 is 0 Å². The van der Waals surface area contributed by atoms with Gasteiger partial charge >= 0.3 is 11.9 Å². The van der Waals surface area contributed by atoms with Crippen LogP contribution in [0.3, 0.4) is 0 Å². The Morgan fingerprint density at radius 3 is 2.10 bits per heavy atom. The molecule has 264 valence electrons. The molecule has 5 aromatic rings. The maximum absolute atomic E-state index is 14.7. The number of carbonyl (C=O) groups is 4. The summed E-state index contributed by atoms with van der Waals surface area (Å²) in [7, 11) is -4.52. The summed E-state index contributed by atoms with van der Waals surface area (Å²) in [5.74, 6) is -4.40. The molecule has 0 heterocycles. The third-order valence-corrected chi connectivity index (χ3v) is 10.2. The fourth-order valence-corrected chi connectivity index (χ4v) is 7.32. The molecule has 1 aliphatic rings. The van der Waals surface area contributed by atoms with Gasteiger partial charge in [-0.3, -0.25) is 9.59 Å². The van der Waals surface area contributed by atoms with Crippen molar-refractivity contribution in [1.82, 2.24) is 9.62 Å². The average Bonchev–Trinajstić information content (AvgIpc) is 3.13. The van der Waals surface area contributed by atoms with E-state index in [-0.39, 0.29) is 16.5 Å². The molecule has 5 aromatic carbocycles. The van der Waals surface area contributed by atoms with Crippen LogP contribution in [0.2, 0.25) is 5.02 Å². The molecule has 0 bridgehead atoms. The normalized spacial score (nSPS) is 13.8. The Labute approximate surface area is 304 Å². The standard InChI is InChI=1S/C39H31ClN2O9S/c40-26-16-18-29(19-17-26)52(49,50)41-36(43)31-21-34(39(47)48)32(22-33(31)38(45)46)37(44)42(35-15-7-10-25-9-4-5-14-30(25)35)23-24-8-6-13-28(20-24)51-27-11-2-1-3-12-27/h1-6,8-9,11-14,16-22,35H,7,10,15,23H2,(H,41,43)(H,45,46)(H,47,48)/t35-/m0/s1. The van der Waals surface area contributed by atoms with Gasteiger partial charge in [-0.15, -0.1) is 0 Å². The Morgan fingerprint density at radius 1 is 0.750 bits per heavy atom.